The summed E-state index contributed by atoms with van der Waals surface area (Å²) in [4.78, 5) is 16.2. The maximum absolute atomic E-state index is 13.3. The van der Waals surface area contributed by atoms with Crippen LogP contribution in [0.25, 0.3) is 5.65 Å². The van der Waals surface area contributed by atoms with Crippen molar-refractivity contribution in [3.05, 3.63) is 75.8 Å². The Morgan fingerprint density at radius 1 is 1.09 bits per heavy atom. The van der Waals surface area contributed by atoms with Crippen molar-refractivity contribution >= 4 is 29.0 Å². The zero-order chi connectivity index (χ0) is 23.0. The highest BCUT2D eigenvalue weighted by molar-refractivity contribution is 6.31. The first-order chi connectivity index (χ1) is 15.2. The van der Waals surface area contributed by atoms with Gasteiger partial charge in [0.1, 0.15) is 11.4 Å². The largest absolute Gasteiger partial charge is 0.304 e. The number of aromatic nitrogens is 5. The average Bonchev–Trinajstić information content (AvgIpc) is 3.32. The summed E-state index contributed by atoms with van der Waals surface area (Å²) in [5.74, 6) is -0.552. The van der Waals surface area contributed by atoms with Gasteiger partial charge >= 0.3 is 0 Å². The van der Waals surface area contributed by atoms with Gasteiger partial charge in [0.2, 0.25) is 0 Å². The number of nitrogens with zero attached hydrogens (tertiary/aromatic N) is 5. The normalized spacial score (nSPS) is 11.6. The van der Waals surface area contributed by atoms with Crippen molar-refractivity contribution in [2.75, 3.05) is 5.32 Å². The lowest BCUT2D eigenvalue weighted by Crippen LogP contribution is -2.14. The predicted molar refractivity (Wildman–Crippen MR) is 108 cm³/mol. The standard InChI is InChI=1S/C20H15ClF4N6O/c1-10-6-16(29-30(10)9-11-4-2-3-5-12(11)21)27-20(32)14-8-17-26-13(18(22)23)7-15(19(24)25)31(17)28-14/h2-8,18-19H,9H2,1H3,(H,27,29,32). The van der Waals surface area contributed by atoms with E-state index in [2.05, 4.69) is 20.5 Å². The van der Waals surface area contributed by atoms with Gasteiger partial charge in [-0.05, 0) is 24.6 Å². The lowest BCUT2D eigenvalue weighted by Gasteiger charge is -2.06. The van der Waals surface area contributed by atoms with Gasteiger partial charge < -0.3 is 5.32 Å². The monoisotopic (exact) mass is 466 g/mol. The predicted octanol–water partition coefficient (Wildman–Crippen LogP) is 5.06. The molecule has 1 amide bonds. The van der Waals surface area contributed by atoms with Gasteiger partial charge in [-0.2, -0.15) is 10.2 Å². The molecule has 0 bridgehead atoms. The van der Waals surface area contributed by atoms with Crippen LogP contribution in [-0.2, 0) is 6.54 Å². The average molecular weight is 467 g/mol. The lowest BCUT2D eigenvalue weighted by atomic mass is 10.2. The van der Waals surface area contributed by atoms with E-state index in [1.807, 2.05) is 12.1 Å². The number of rotatable bonds is 6. The van der Waals surface area contributed by atoms with Crippen molar-refractivity contribution in [2.24, 2.45) is 0 Å². The molecule has 0 aliphatic carbocycles. The van der Waals surface area contributed by atoms with Crippen molar-refractivity contribution in [2.45, 2.75) is 26.3 Å². The number of halogens is 5. The van der Waals surface area contributed by atoms with E-state index in [1.165, 1.54) is 0 Å². The Morgan fingerprint density at radius 3 is 2.53 bits per heavy atom. The van der Waals surface area contributed by atoms with E-state index >= 15 is 0 Å². The third-order valence-corrected chi connectivity index (χ3v) is 5.02. The molecule has 0 aliphatic rings. The van der Waals surface area contributed by atoms with Crippen molar-refractivity contribution in [3.8, 4) is 0 Å². The number of aryl methyl sites for hydroxylation is 1. The number of nitrogens with one attached hydrogen (secondary N) is 1. The summed E-state index contributed by atoms with van der Waals surface area (Å²) in [5, 5.41) is 11.2. The number of amides is 1. The molecule has 0 fully saturated rings. The van der Waals surface area contributed by atoms with E-state index in [1.54, 1.807) is 29.8 Å². The molecule has 0 atom stereocenters. The molecule has 0 saturated carbocycles. The molecule has 0 unspecified atom stereocenters. The summed E-state index contributed by atoms with van der Waals surface area (Å²) >= 11 is 6.17. The van der Waals surface area contributed by atoms with Crippen LogP contribution in [0.15, 0.2) is 42.5 Å². The third kappa shape index (κ3) is 4.28. The smallest absolute Gasteiger partial charge is 0.280 e. The number of hydrogen-bond acceptors (Lipinski definition) is 4. The zero-order valence-electron chi connectivity index (χ0n) is 16.4. The second-order valence-corrected chi connectivity index (χ2v) is 7.29. The molecule has 32 heavy (non-hydrogen) atoms. The number of hydrogen-bond donors (Lipinski definition) is 1. The summed E-state index contributed by atoms with van der Waals surface area (Å²) in [6.45, 7) is 2.16. The molecular weight excluding hydrogens is 452 g/mol. The fourth-order valence-corrected chi connectivity index (χ4v) is 3.29. The van der Waals surface area contributed by atoms with Gasteiger partial charge in [-0.1, -0.05) is 29.8 Å². The van der Waals surface area contributed by atoms with Gasteiger partial charge in [0.25, 0.3) is 18.8 Å². The fourth-order valence-electron chi connectivity index (χ4n) is 3.10. The molecule has 3 aromatic heterocycles. The van der Waals surface area contributed by atoms with E-state index < -0.39 is 30.1 Å². The highest BCUT2D eigenvalue weighted by Crippen LogP contribution is 2.25. The van der Waals surface area contributed by atoms with Crippen molar-refractivity contribution in [1.29, 1.82) is 0 Å². The molecule has 0 spiro atoms. The minimum Gasteiger partial charge on any atom is -0.304 e. The second-order valence-electron chi connectivity index (χ2n) is 6.88. The fraction of sp³-hybridized carbons (Fsp3) is 0.200. The van der Waals surface area contributed by atoms with Crippen molar-refractivity contribution in [3.63, 3.8) is 0 Å². The Morgan fingerprint density at radius 2 is 1.84 bits per heavy atom. The first-order valence-corrected chi connectivity index (χ1v) is 9.67. The van der Waals surface area contributed by atoms with Gasteiger partial charge in [-0.3, -0.25) is 9.48 Å². The molecule has 166 valence electrons. The Balaban J connectivity index is 1.59. The van der Waals surface area contributed by atoms with Crippen molar-refractivity contribution < 1.29 is 22.4 Å². The summed E-state index contributed by atoms with van der Waals surface area (Å²) in [5.41, 5.74) is -0.608. The summed E-state index contributed by atoms with van der Waals surface area (Å²) in [6.07, 6.45) is -6.13. The molecule has 1 aromatic carbocycles. The highest BCUT2D eigenvalue weighted by atomic mass is 35.5. The van der Waals surface area contributed by atoms with Crippen molar-refractivity contribution in [1.82, 2.24) is 24.4 Å². The topological polar surface area (TPSA) is 77.1 Å². The maximum atomic E-state index is 13.3. The maximum Gasteiger partial charge on any atom is 0.280 e. The first-order valence-electron chi connectivity index (χ1n) is 9.29. The van der Waals surface area contributed by atoms with E-state index in [9.17, 15) is 22.4 Å². The van der Waals surface area contributed by atoms with Gasteiger partial charge in [0.05, 0.1) is 6.54 Å². The van der Waals surface area contributed by atoms with Crippen LogP contribution in [0.5, 0.6) is 0 Å². The highest BCUT2D eigenvalue weighted by Gasteiger charge is 2.22. The Labute approximate surface area is 183 Å². The third-order valence-electron chi connectivity index (χ3n) is 4.66. The Bertz CT molecular complexity index is 1300. The SMILES string of the molecule is Cc1cc(NC(=O)c2cc3nc(C(F)F)cc(C(F)F)n3n2)nn1Cc1ccccc1Cl. The molecule has 1 N–H and O–H groups in total. The molecule has 3 heterocycles. The van der Waals surface area contributed by atoms with E-state index in [0.717, 1.165) is 17.3 Å². The molecule has 0 saturated heterocycles. The van der Waals surface area contributed by atoms with Gasteiger partial charge in [0, 0.05) is 22.8 Å². The molecule has 4 aromatic rings. The van der Waals surface area contributed by atoms with Crippen LogP contribution >= 0.6 is 11.6 Å². The summed E-state index contributed by atoms with van der Waals surface area (Å²) < 4.78 is 54.9. The van der Waals surface area contributed by atoms with Crippen LogP contribution in [0.2, 0.25) is 5.02 Å². The van der Waals surface area contributed by atoms with Crippen LogP contribution < -0.4 is 5.32 Å². The number of benzene rings is 1. The number of fused-ring (bicyclic) bond motifs is 1. The Kier molecular flexibility index (Phi) is 5.83. The van der Waals surface area contributed by atoms with Crippen LogP contribution in [0.4, 0.5) is 23.4 Å². The molecule has 0 radical (unpaired) electrons. The number of anilines is 1. The van der Waals surface area contributed by atoms with E-state index in [4.69, 9.17) is 11.6 Å². The Hall–Kier alpha value is -3.47. The molecule has 7 nitrogen and oxygen atoms in total. The van der Waals surface area contributed by atoms with Crippen LogP contribution in [0, 0.1) is 6.92 Å². The molecule has 12 heteroatoms. The summed E-state index contributed by atoms with van der Waals surface area (Å²) in [7, 11) is 0. The molecular formula is C20H15ClF4N6O. The van der Waals surface area contributed by atoms with Gasteiger partial charge in [-0.25, -0.2) is 27.1 Å². The van der Waals surface area contributed by atoms with E-state index in [-0.39, 0.29) is 17.2 Å². The number of alkyl halides is 4. The van der Waals surface area contributed by atoms with E-state index in [0.29, 0.717) is 22.1 Å². The summed E-state index contributed by atoms with van der Waals surface area (Å²) in [6, 6.07) is 10.5. The zero-order valence-corrected chi connectivity index (χ0v) is 17.2. The minimum atomic E-state index is -3.09. The van der Waals surface area contributed by atoms with Crippen LogP contribution in [0.1, 0.15) is 46.0 Å². The minimum absolute atomic E-state index is 0.201. The number of carbonyl (C=O) groups is 1. The quantitative estimate of drug-likeness (QED) is 0.403. The molecule has 0 aliphatic heterocycles. The van der Waals surface area contributed by atoms with Crippen LogP contribution in [0.3, 0.4) is 0 Å². The molecule has 4 rings (SSSR count). The second kappa shape index (κ2) is 8.58. The first kappa shape index (κ1) is 21.8. The van der Waals surface area contributed by atoms with Gasteiger partial charge in [-0.15, -0.1) is 0 Å². The lowest BCUT2D eigenvalue weighted by molar-refractivity contribution is 0.102. The number of carbonyl (C=O) groups excluding carboxylic acids is 1. The van der Waals surface area contributed by atoms with Gasteiger partial charge in [0.15, 0.2) is 17.2 Å². The van der Waals surface area contributed by atoms with Crippen LogP contribution in [-0.4, -0.2) is 30.3 Å².